The quantitative estimate of drug-likeness (QED) is 0.870. The van der Waals surface area contributed by atoms with Crippen LogP contribution >= 0.6 is 0 Å². The van der Waals surface area contributed by atoms with Gasteiger partial charge >= 0.3 is 0 Å². The first kappa shape index (κ1) is 14.9. The molecule has 1 aromatic carbocycles. The van der Waals surface area contributed by atoms with Crippen molar-refractivity contribution in [1.29, 1.82) is 0 Å². The molecule has 2 bridgehead atoms. The lowest BCUT2D eigenvalue weighted by atomic mass is 9.94. The highest BCUT2D eigenvalue weighted by Crippen LogP contribution is 2.39. The molecule has 1 aliphatic heterocycles. The second-order valence-corrected chi connectivity index (χ2v) is 7.03. The molecule has 2 heterocycles. The van der Waals surface area contributed by atoms with Gasteiger partial charge in [-0.2, -0.15) is 5.10 Å². The maximum Gasteiger partial charge on any atom is 0.0968 e. The van der Waals surface area contributed by atoms with Gasteiger partial charge in [0.05, 0.1) is 11.8 Å². The van der Waals surface area contributed by atoms with Crippen LogP contribution in [0, 0.1) is 11.8 Å². The molecule has 0 radical (unpaired) electrons. The monoisotopic (exact) mass is 311 g/mol. The minimum absolute atomic E-state index is 0.480. The molecule has 1 saturated carbocycles. The van der Waals surface area contributed by atoms with Gasteiger partial charge in [0.15, 0.2) is 0 Å². The molecule has 23 heavy (non-hydrogen) atoms. The summed E-state index contributed by atoms with van der Waals surface area (Å²) in [5.74, 6) is 1.41. The number of hydrogen-bond donors (Lipinski definition) is 0. The topological polar surface area (TPSA) is 30.3 Å². The van der Waals surface area contributed by atoms with Gasteiger partial charge in [-0.15, -0.1) is 0 Å². The summed E-state index contributed by atoms with van der Waals surface area (Å²) in [6, 6.07) is 10.5. The number of piperidine rings is 1. The number of methoxy groups -OCH3 is 1. The fourth-order valence-corrected chi connectivity index (χ4v) is 4.52. The van der Waals surface area contributed by atoms with E-state index in [0.29, 0.717) is 17.9 Å². The van der Waals surface area contributed by atoms with E-state index in [0.717, 1.165) is 25.3 Å². The molecule has 2 aromatic rings. The van der Waals surface area contributed by atoms with Crippen molar-refractivity contribution in [3.8, 4) is 11.3 Å². The minimum atomic E-state index is 0.480. The normalized spacial score (nSPS) is 27.5. The SMILES string of the molecule is COC1[C@@H]2CC[C@H]1CN(Cc1cn(C)nc1-c1ccccc1)C2. The van der Waals surface area contributed by atoms with Crippen LogP contribution in [0.25, 0.3) is 11.3 Å². The number of fused-ring (bicyclic) bond motifs is 2. The Labute approximate surface area is 138 Å². The summed E-state index contributed by atoms with van der Waals surface area (Å²) in [6.45, 7) is 3.29. The maximum atomic E-state index is 5.73. The molecule has 1 saturated heterocycles. The van der Waals surface area contributed by atoms with Crippen LogP contribution in [0.2, 0.25) is 0 Å². The summed E-state index contributed by atoms with van der Waals surface area (Å²) in [7, 11) is 3.89. The van der Waals surface area contributed by atoms with Crippen molar-refractivity contribution in [3.63, 3.8) is 0 Å². The third-order valence-corrected chi connectivity index (χ3v) is 5.44. The highest BCUT2D eigenvalue weighted by Gasteiger charge is 2.42. The first-order valence-corrected chi connectivity index (χ1v) is 8.57. The number of hydrogen-bond acceptors (Lipinski definition) is 3. The smallest absolute Gasteiger partial charge is 0.0968 e. The zero-order valence-corrected chi connectivity index (χ0v) is 14.0. The Kier molecular flexibility index (Phi) is 3.95. The second kappa shape index (κ2) is 6.10. The number of nitrogens with zero attached hydrogens (tertiary/aromatic N) is 3. The fraction of sp³-hybridized carbons (Fsp3) is 0.526. The predicted octanol–water partition coefficient (Wildman–Crippen LogP) is 2.94. The highest BCUT2D eigenvalue weighted by molar-refractivity contribution is 5.62. The Morgan fingerprint density at radius 1 is 1.13 bits per heavy atom. The van der Waals surface area contributed by atoms with Crippen LogP contribution in [0.15, 0.2) is 36.5 Å². The van der Waals surface area contributed by atoms with E-state index in [4.69, 9.17) is 9.84 Å². The summed E-state index contributed by atoms with van der Waals surface area (Å²) in [4.78, 5) is 2.60. The Balaban J connectivity index is 1.54. The number of ether oxygens (including phenoxy) is 1. The Morgan fingerprint density at radius 2 is 1.83 bits per heavy atom. The van der Waals surface area contributed by atoms with Gasteiger partial charge in [0.2, 0.25) is 0 Å². The molecule has 2 fully saturated rings. The van der Waals surface area contributed by atoms with Gasteiger partial charge in [-0.05, 0) is 24.7 Å². The van der Waals surface area contributed by atoms with Gasteiger partial charge in [-0.1, -0.05) is 30.3 Å². The molecule has 0 amide bonds. The lowest BCUT2D eigenvalue weighted by Gasteiger charge is -2.37. The first-order chi connectivity index (χ1) is 11.2. The van der Waals surface area contributed by atoms with E-state index in [-0.39, 0.29) is 0 Å². The van der Waals surface area contributed by atoms with Crippen molar-refractivity contribution >= 4 is 0 Å². The van der Waals surface area contributed by atoms with Crippen LogP contribution in [0.1, 0.15) is 18.4 Å². The summed E-state index contributed by atoms with van der Waals surface area (Å²) in [6.07, 6.45) is 5.29. The highest BCUT2D eigenvalue weighted by atomic mass is 16.5. The van der Waals surface area contributed by atoms with E-state index in [1.165, 1.54) is 24.0 Å². The van der Waals surface area contributed by atoms with Crippen molar-refractivity contribution in [2.24, 2.45) is 18.9 Å². The largest absolute Gasteiger partial charge is 0.381 e. The lowest BCUT2D eigenvalue weighted by molar-refractivity contribution is -0.0179. The Bertz CT molecular complexity index is 653. The van der Waals surface area contributed by atoms with Gasteiger partial charge in [0.25, 0.3) is 0 Å². The van der Waals surface area contributed by atoms with Crippen LogP contribution in [-0.4, -0.2) is 41.0 Å². The number of aryl methyl sites for hydroxylation is 1. The molecule has 4 rings (SSSR count). The van der Waals surface area contributed by atoms with Gasteiger partial charge in [0.1, 0.15) is 0 Å². The Morgan fingerprint density at radius 3 is 2.48 bits per heavy atom. The van der Waals surface area contributed by atoms with Crippen molar-refractivity contribution in [2.45, 2.75) is 25.5 Å². The molecular weight excluding hydrogens is 286 g/mol. The number of benzene rings is 1. The summed E-state index contributed by atoms with van der Waals surface area (Å²) >= 11 is 0. The Hall–Kier alpha value is -1.65. The molecule has 1 aliphatic carbocycles. The molecule has 122 valence electrons. The molecule has 1 unspecified atom stereocenters. The number of rotatable bonds is 4. The molecule has 0 N–H and O–H groups in total. The van der Waals surface area contributed by atoms with Crippen LogP contribution in [-0.2, 0) is 18.3 Å². The standard InChI is InChI=1S/C19H25N3O/c1-21-10-17(18(20-21)14-6-4-3-5-7-14)13-22-11-15-8-9-16(12-22)19(15)23-2/h3-7,10,15-16,19H,8-9,11-13H2,1-2H3/t15-,16+,19?. The minimum Gasteiger partial charge on any atom is -0.381 e. The molecular formula is C19H25N3O. The average molecular weight is 311 g/mol. The van der Waals surface area contributed by atoms with Crippen molar-refractivity contribution in [1.82, 2.24) is 14.7 Å². The van der Waals surface area contributed by atoms with E-state index < -0.39 is 0 Å². The van der Waals surface area contributed by atoms with Crippen LogP contribution in [0.5, 0.6) is 0 Å². The van der Waals surface area contributed by atoms with Crippen LogP contribution < -0.4 is 0 Å². The summed E-state index contributed by atoms with van der Waals surface area (Å²) in [5.41, 5.74) is 3.65. The average Bonchev–Trinajstić information content (AvgIpc) is 3.05. The zero-order chi connectivity index (χ0) is 15.8. The zero-order valence-electron chi connectivity index (χ0n) is 14.0. The van der Waals surface area contributed by atoms with Crippen molar-refractivity contribution in [2.75, 3.05) is 20.2 Å². The second-order valence-electron chi connectivity index (χ2n) is 7.03. The van der Waals surface area contributed by atoms with Gasteiger partial charge < -0.3 is 4.74 Å². The maximum absolute atomic E-state index is 5.73. The van der Waals surface area contributed by atoms with E-state index in [1.54, 1.807) is 0 Å². The van der Waals surface area contributed by atoms with Crippen molar-refractivity contribution < 1.29 is 4.74 Å². The fourth-order valence-electron chi connectivity index (χ4n) is 4.52. The van der Waals surface area contributed by atoms with Gasteiger partial charge in [0, 0.05) is 51.1 Å². The van der Waals surface area contributed by atoms with Crippen molar-refractivity contribution in [3.05, 3.63) is 42.1 Å². The molecule has 1 aromatic heterocycles. The third-order valence-electron chi connectivity index (χ3n) is 5.44. The van der Waals surface area contributed by atoms with Crippen LogP contribution in [0.4, 0.5) is 0 Å². The number of aromatic nitrogens is 2. The molecule has 0 spiro atoms. The van der Waals surface area contributed by atoms with E-state index >= 15 is 0 Å². The number of likely N-dealkylation sites (tertiary alicyclic amines) is 1. The first-order valence-electron chi connectivity index (χ1n) is 8.57. The predicted molar refractivity (Wildman–Crippen MR) is 90.9 cm³/mol. The van der Waals surface area contributed by atoms with Gasteiger partial charge in [-0.25, -0.2) is 0 Å². The summed E-state index contributed by atoms with van der Waals surface area (Å²) < 4.78 is 7.67. The van der Waals surface area contributed by atoms with E-state index in [1.807, 2.05) is 18.8 Å². The van der Waals surface area contributed by atoms with E-state index in [9.17, 15) is 0 Å². The van der Waals surface area contributed by atoms with Gasteiger partial charge in [-0.3, -0.25) is 9.58 Å². The molecule has 3 atom stereocenters. The molecule has 4 nitrogen and oxygen atoms in total. The summed E-state index contributed by atoms with van der Waals surface area (Å²) in [5, 5.41) is 4.70. The third kappa shape index (κ3) is 2.81. The lowest BCUT2D eigenvalue weighted by Crippen LogP contribution is -2.45. The van der Waals surface area contributed by atoms with Crippen LogP contribution in [0.3, 0.4) is 0 Å². The van der Waals surface area contributed by atoms with E-state index in [2.05, 4.69) is 41.4 Å². The molecule has 4 heteroatoms. The molecule has 2 aliphatic rings.